The highest BCUT2D eigenvalue weighted by molar-refractivity contribution is 6.04. The number of carbonyl (C=O) groups excluding carboxylic acids is 2. The molecule has 84 valence electrons. The van der Waals surface area contributed by atoms with E-state index in [1.165, 1.54) is 29.2 Å². The van der Waals surface area contributed by atoms with E-state index in [-0.39, 0.29) is 30.7 Å². The number of nitrogens with two attached hydrogens (primary N) is 1. The summed E-state index contributed by atoms with van der Waals surface area (Å²) in [5.74, 6) is 4.29. The quantitative estimate of drug-likeness (QED) is 0.533. The third-order valence-corrected chi connectivity index (χ3v) is 2.36. The van der Waals surface area contributed by atoms with Gasteiger partial charge in [0.05, 0.1) is 0 Å². The molecule has 0 atom stereocenters. The minimum atomic E-state index is -0.389. The molecule has 0 unspecified atom stereocenters. The first-order chi connectivity index (χ1) is 7.58. The summed E-state index contributed by atoms with van der Waals surface area (Å²) >= 11 is 0. The van der Waals surface area contributed by atoms with Crippen LogP contribution in [0.5, 0.6) is 0 Å². The Kier molecular flexibility index (Phi) is 2.57. The average Bonchev–Trinajstić information content (AvgIpc) is 2.25. The maximum absolute atomic E-state index is 12.7. The van der Waals surface area contributed by atoms with Crippen molar-refractivity contribution in [3.8, 4) is 0 Å². The number of hydrogen-bond acceptors (Lipinski definition) is 3. The van der Waals surface area contributed by atoms with Crippen molar-refractivity contribution in [3.63, 3.8) is 0 Å². The first-order valence-electron chi connectivity index (χ1n) is 4.69. The van der Waals surface area contributed by atoms with Crippen molar-refractivity contribution in [2.24, 2.45) is 5.84 Å². The minimum Gasteiger partial charge on any atom is -0.301 e. The topological polar surface area (TPSA) is 66.6 Å². The summed E-state index contributed by atoms with van der Waals surface area (Å²) in [6.45, 7) is -0.267. The van der Waals surface area contributed by atoms with Crippen LogP contribution in [0, 0.1) is 5.82 Å². The van der Waals surface area contributed by atoms with Gasteiger partial charge in [0.25, 0.3) is 5.91 Å². The van der Waals surface area contributed by atoms with Crippen LogP contribution >= 0.6 is 0 Å². The maximum Gasteiger partial charge on any atom is 0.257 e. The Morgan fingerprint density at radius 2 is 1.69 bits per heavy atom. The zero-order valence-corrected chi connectivity index (χ0v) is 8.39. The number of benzene rings is 1. The molecular formula is C10H10FN3O2. The van der Waals surface area contributed by atoms with Gasteiger partial charge < -0.3 is 4.90 Å². The van der Waals surface area contributed by atoms with Crippen LogP contribution in [0.25, 0.3) is 0 Å². The van der Waals surface area contributed by atoms with Gasteiger partial charge in [-0.1, -0.05) is 0 Å². The molecule has 0 spiro atoms. The van der Waals surface area contributed by atoms with E-state index in [9.17, 15) is 14.0 Å². The second-order valence-electron chi connectivity index (χ2n) is 3.48. The van der Waals surface area contributed by atoms with Crippen LogP contribution in [0.4, 0.5) is 10.1 Å². The molecule has 1 saturated heterocycles. The van der Waals surface area contributed by atoms with Crippen molar-refractivity contribution in [1.29, 1.82) is 0 Å². The lowest BCUT2D eigenvalue weighted by molar-refractivity contribution is -0.138. The van der Waals surface area contributed by atoms with Crippen LogP contribution < -0.4 is 10.7 Å². The van der Waals surface area contributed by atoms with Gasteiger partial charge in [-0.15, -0.1) is 0 Å². The van der Waals surface area contributed by atoms with Gasteiger partial charge in [0.2, 0.25) is 5.91 Å². The summed E-state index contributed by atoms with van der Waals surface area (Å²) in [6, 6.07) is 5.38. The van der Waals surface area contributed by atoms with Crippen molar-refractivity contribution in [1.82, 2.24) is 5.01 Å². The Morgan fingerprint density at radius 1 is 1.06 bits per heavy atom. The molecule has 1 aliphatic rings. The van der Waals surface area contributed by atoms with Gasteiger partial charge in [-0.05, 0) is 24.3 Å². The number of piperazine rings is 1. The summed E-state index contributed by atoms with van der Waals surface area (Å²) in [5, 5.41) is 0.877. The van der Waals surface area contributed by atoms with E-state index >= 15 is 0 Å². The van der Waals surface area contributed by atoms with Crippen molar-refractivity contribution in [2.45, 2.75) is 0 Å². The van der Waals surface area contributed by atoms with Crippen LogP contribution in [0.2, 0.25) is 0 Å². The zero-order chi connectivity index (χ0) is 11.7. The second-order valence-corrected chi connectivity index (χ2v) is 3.48. The molecule has 1 aromatic carbocycles. The molecule has 2 amide bonds. The van der Waals surface area contributed by atoms with E-state index in [1.807, 2.05) is 0 Å². The molecule has 0 saturated carbocycles. The number of rotatable bonds is 1. The van der Waals surface area contributed by atoms with E-state index < -0.39 is 0 Å². The fourth-order valence-electron chi connectivity index (χ4n) is 1.49. The van der Waals surface area contributed by atoms with Crippen LogP contribution in [-0.4, -0.2) is 29.9 Å². The summed E-state index contributed by atoms with van der Waals surface area (Å²) in [4.78, 5) is 24.2. The van der Waals surface area contributed by atoms with E-state index in [0.717, 1.165) is 5.01 Å². The molecule has 6 heteroatoms. The Hall–Kier alpha value is -1.95. The van der Waals surface area contributed by atoms with Crippen LogP contribution in [-0.2, 0) is 9.59 Å². The van der Waals surface area contributed by atoms with Crippen molar-refractivity contribution < 1.29 is 14.0 Å². The van der Waals surface area contributed by atoms with Crippen LogP contribution in [0.1, 0.15) is 0 Å². The minimum absolute atomic E-state index is 0.110. The van der Waals surface area contributed by atoms with Crippen LogP contribution in [0.15, 0.2) is 24.3 Å². The van der Waals surface area contributed by atoms with E-state index in [1.54, 1.807) is 0 Å². The predicted molar refractivity (Wildman–Crippen MR) is 54.7 cm³/mol. The standard InChI is InChI=1S/C10H10FN3O2/c11-7-1-3-8(4-2-7)13-5-10(16)14(12)6-9(13)15/h1-4H,5-6,12H2. The fraction of sp³-hybridized carbons (Fsp3) is 0.200. The Labute approximate surface area is 91.2 Å². The Balaban J connectivity index is 2.24. The number of amides is 2. The van der Waals surface area contributed by atoms with Gasteiger partial charge in [0.15, 0.2) is 0 Å². The first kappa shape index (κ1) is 10.6. The molecule has 16 heavy (non-hydrogen) atoms. The molecular weight excluding hydrogens is 213 g/mol. The molecule has 5 nitrogen and oxygen atoms in total. The fourth-order valence-corrected chi connectivity index (χ4v) is 1.49. The summed E-state index contributed by atoms with van der Waals surface area (Å²) in [6.07, 6.45) is 0. The SMILES string of the molecule is NN1CC(=O)N(c2ccc(F)cc2)CC1=O. The first-order valence-corrected chi connectivity index (χ1v) is 4.69. The highest BCUT2D eigenvalue weighted by Gasteiger charge is 2.28. The third kappa shape index (κ3) is 1.87. The molecule has 1 fully saturated rings. The molecule has 0 aromatic heterocycles. The average molecular weight is 223 g/mol. The number of carbonyl (C=O) groups is 2. The summed E-state index contributed by atoms with van der Waals surface area (Å²) in [5.41, 5.74) is 0.493. The van der Waals surface area contributed by atoms with Crippen molar-refractivity contribution >= 4 is 17.5 Å². The second kappa shape index (κ2) is 3.90. The van der Waals surface area contributed by atoms with Gasteiger partial charge in [0, 0.05) is 5.69 Å². The van der Waals surface area contributed by atoms with Gasteiger partial charge >= 0.3 is 0 Å². The van der Waals surface area contributed by atoms with Crippen molar-refractivity contribution in [3.05, 3.63) is 30.1 Å². The number of hydrazine groups is 1. The van der Waals surface area contributed by atoms with E-state index in [4.69, 9.17) is 5.84 Å². The number of halogens is 1. The molecule has 1 aromatic rings. The third-order valence-electron chi connectivity index (χ3n) is 2.36. The van der Waals surface area contributed by atoms with Gasteiger partial charge in [-0.25, -0.2) is 10.2 Å². The molecule has 0 aliphatic carbocycles. The summed E-state index contributed by atoms with van der Waals surface area (Å²) < 4.78 is 12.7. The zero-order valence-electron chi connectivity index (χ0n) is 8.39. The number of hydrogen-bond donors (Lipinski definition) is 1. The van der Waals surface area contributed by atoms with Gasteiger partial charge in [-0.2, -0.15) is 0 Å². The molecule has 2 rings (SSSR count). The lowest BCUT2D eigenvalue weighted by Crippen LogP contribution is -2.56. The Morgan fingerprint density at radius 3 is 2.31 bits per heavy atom. The van der Waals surface area contributed by atoms with E-state index in [0.29, 0.717) is 5.69 Å². The lowest BCUT2D eigenvalue weighted by Gasteiger charge is -2.31. The molecule has 1 aliphatic heterocycles. The molecule has 0 bridgehead atoms. The molecule has 1 heterocycles. The predicted octanol–water partition coefficient (Wildman–Crippen LogP) is -0.125. The van der Waals surface area contributed by atoms with Crippen LogP contribution in [0.3, 0.4) is 0 Å². The highest BCUT2D eigenvalue weighted by atomic mass is 19.1. The van der Waals surface area contributed by atoms with Gasteiger partial charge in [0.1, 0.15) is 18.9 Å². The monoisotopic (exact) mass is 223 g/mol. The number of anilines is 1. The largest absolute Gasteiger partial charge is 0.301 e. The highest BCUT2D eigenvalue weighted by Crippen LogP contribution is 2.17. The van der Waals surface area contributed by atoms with Gasteiger partial charge in [-0.3, -0.25) is 14.6 Å². The van der Waals surface area contributed by atoms with Crippen molar-refractivity contribution in [2.75, 3.05) is 18.0 Å². The smallest absolute Gasteiger partial charge is 0.257 e. The van der Waals surface area contributed by atoms with E-state index in [2.05, 4.69) is 0 Å². The summed E-state index contributed by atoms with van der Waals surface area (Å²) in [7, 11) is 0. The normalized spacial score (nSPS) is 16.9. The Bertz CT molecular complexity index is 432. The molecule has 0 radical (unpaired) electrons. The maximum atomic E-state index is 12.7. The molecule has 2 N–H and O–H groups in total. The lowest BCUT2D eigenvalue weighted by atomic mass is 10.2. The number of nitrogens with zero attached hydrogens (tertiary/aromatic N) is 2.